The number of aryl methyl sites for hydroxylation is 1. The minimum atomic E-state index is -0.0208. The predicted octanol–water partition coefficient (Wildman–Crippen LogP) is 15.4. The topological polar surface area (TPSA) is 9.72 Å². The highest BCUT2D eigenvalue weighted by molar-refractivity contribution is 7.33. The third-order valence-electron chi connectivity index (χ3n) is 14.8. The molecule has 3 aliphatic rings. The quantitative estimate of drug-likeness (QED) is 0.141. The minimum Gasteiger partial charge on any atom is -0.311 e. The third kappa shape index (κ3) is 6.92. The molecule has 11 rings (SSSR count). The summed E-state index contributed by atoms with van der Waals surface area (Å²) in [6.45, 7) is 19.2. The van der Waals surface area contributed by atoms with E-state index in [0.29, 0.717) is 0 Å². The fourth-order valence-corrected chi connectivity index (χ4v) is 12.4. The molecule has 0 saturated heterocycles. The smallest absolute Gasteiger partial charge is 0.264 e. The van der Waals surface area contributed by atoms with Gasteiger partial charge in [-0.25, -0.2) is 0 Å². The van der Waals surface area contributed by atoms with E-state index in [4.69, 9.17) is 0 Å². The number of fused-ring (bicyclic) bond motifs is 7. The second-order valence-corrected chi connectivity index (χ2v) is 22.2. The Morgan fingerprint density at radius 1 is 0.600 bits per heavy atom. The lowest BCUT2D eigenvalue weighted by Crippen LogP contribution is -2.60. The maximum atomic E-state index is 2.67. The Kier molecular flexibility index (Phi) is 9.97. The molecule has 8 aromatic rings. The molecule has 0 N–H and O–H groups in total. The number of rotatable bonds is 8. The molecule has 2 aliphatic heterocycles. The van der Waals surface area contributed by atoms with Gasteiger partial charge in [0.05, 0.1) is 11.4 Å². The lowest BCUT2D eigenvalue weighted by molar-refractivity contribution is 0.332. The maximum absolute atomic E-state index is 2.67. The van der Waals surface area contributed by atoms with Crippen molar-refractivity contribution in [3.63, 3.8) is 0 Å². The second-order valence-electron chi connectivity index (χ2n) is 21.1. The Labute approximate surface area is 391 Å². The van der Waals surface area contributed by atoms with Crippen molar-refractivity contribution < 1.29 is 0 Å². The van der Waals surface area contributed by atoms with E-state index in [1.807, 2.05) is 11.3 Å². The minimum absolute atomic E-state index is 0.0208. The summed E-state index contributed by atoms with van der Waals surface area (Å²) in [5.41, 5.74) is 19.4. The van der Waals surface area contributed by atoms with E-state index in [-0.39, 0.29) is 23.0 Å². The fourth-order valence-electron chi connectivity index (χ4n) is 11.1. The van der Waals surface area contributed by atoms with Crippen LogP contribution in [-0.2, 0) is 22.7 Å². The van der Waals surface area contributed by atoms with Crippen LogP contribution in [0.3, 0.4) is 0 Å². The molecule has 1 aliphatic carbocycles. The lowest BCUT2D eigenvalue weighted by atomic mass is 9.36. The first kappa shape index (κ1) is 41.7. The molecule has 0 radical (unpaired) electrons. The van der Waals surface area contributed by atoms with Gasteiger partial charge in [0.2, 0.25) is 0 Å². The van der Waals surface area contributed by atoms with Crippen LogP contribution in [0.25, 0.3) is 10.1 Å². The number of unbranched alkanes of at least 4 members (excludes halogenated alkanes) is 1. The number of benzene rings is 7. The number of hydrogen-bond donors (Lipinski definition) is 0. The summed E-state index contributed by atoms with van der Waals surface area (Å²) in [5.74, 6) is 0. The first-order valence-electron chi connectivity index (χ1n) is 23.9. The van der Waals surface area contributed by atoms with E-state index < -0.39 is 0 Å². The Bertz CT molecular complexity index is 3050. The van der Waals surface area contributed by atoms with Crippen molar-refractivity contribution in [2.45, 2.75) is 104 Å². The van der Waals surface area contributed by atoms with Gasteiger partial charge in [-0.3, -0.25) is 0 Å². The monoisotopic (exact) mass is 865 g/mol. The molecular weight excluding hydrogens is 806 g/mol. The first-order valence-corrected chi connectivity index (χ1v) is 24.7. The van der Waals surface area contributed by atoms with Crippen molar-refractivity contribution in [1.82, 2.24) is 0 Å². The summed E-state index contributed by atoms with van der Waals surface area (Å²) in [4.78, 5) is 7.71. The molecule has 0 unspecified atom stereocenters. The van der Waals surface area contributed by atoms with Gasteiger partial charge in [-0.15, -0.1) is 11.3 Å². The lowest BCUT2D eigenvalue weighted by Gasteiger charge is -2.45. The molecule has 0 amide bonds. The van der Waals surface area contributed by atoms with Gasteiger partial charge >= 0.3 is 0 Å². The van der Waals surface area contributed by atoms with Crippen molar-refractivity contribution in [3.8, 4) is 0 Å². The molecule has 0 atom stereocenters. The number of para-hydroxylation sites is 2. The molecule has 3 nitrogen and oxygen atoms in total. The Morgan fingerprint density at radius 3 is 1.88 bits per heavy atom. The van der Waals surface area contributed by atoms with Crippen LogP contribution in [0.2, 0.25) is 0 Å². The van der Waals surface area contributed by atoms with Gasteiger partial charge in [0.15, 0.2) is 0 Å². The molecule has 1 aromatic heterocycles. The molecule has 0 fully saturated rings. The zero-order valence-corrected chi connectivity index (χ0v) is 40.2. The van der Waals surface area contributed by atoms with Crippen molar-refractivity contribution in [3.05, 3.63) is 180 Å². The summed E-state index contributed by atoms with van der Waals surface area (Å²) in [6.07, 6.45) is 5.83. The number of anilines is 9. The average Bonchev–Trinajstić information content (AvgIpc) is 3.69. The summed E-state index contributed by atoms with van der Waals surface area (Å²) < 4.78 is 2.74. The Hall–Kier alpha value is -6.04. The van der Waals surface area contributed by atoms with Crippen LogP contribution in [0.4, 0.5) is 51.2 Å². The number of nitrogens with zero attached hydrogens (tertiary/aromatic N) is 3. The molecule has 65 heavy (non-hydrogen) atoms. The highest BCUT2D eigenvalue weighted by atomic mass is 32.1. The van der Waals surface area contributed by atoms with E-state index >= 15 is 0 Å². The largest absolute Gasteiger partial charge is 0.311 e. The van der Waals surface area contributed by atoms with Gasteiger partial charge in [0.1, 0.15) is 0 Å². The molecule has 0 bridgehead atoms. The maximum Gasteiger partial charge on any atom is 0.264 e. The van der Waals surface area contributed by atoms with Crippen LogP contribution >= 0.6 is 11.3 Å². The van der Waals surface area contributed by atoms with Gasteiger partial charge in [-0.2, -0.15) is 0 Å². The van der Waals surface area contributed by atoms with Crippen LogP contribution < -0.4 is 30.4 Å². The molecule has 3 heterocycles. The van der Waals surface area contributed by atoms with Crippen molar-refractivity contribution >= 4 is 95.0 Å². The van der Waals surface area contributed by atoms with E-state index in [9.17, 15) is 0 Å². The molecule has 0 saturated carbocycles. The first-order chi connectivity index (χ1) is 31.3. The molecular formula is C60H60BN3S. The van der Waals surface area contributed by atoms with E-state index in [2.05, 4.69) is 228 Å². The van der Waals surface area contributed by atoms with E-state index in [1.54, 1.807) is 0 Å². The van der Waals surface area contributed by atoms with Crippen LogP contribution in [0.15, 0.2) is 158 Å². The van der Waals surface area contributed by atoms with E-state index in [0.717, 1.165) is 29.9 Å². The van der Waals surface area contributed by atoms with Crippen LogP contribution in [0, 0.1) is 0 Å². The van der Waals surface area contributed by atoms with E-state index in [1.165, 1.54) is 101 Å². The number of thiophene rings is 1. The third-order valence-corrected chi connectivity index (χ3v) is 16.0. The van der Waals surface area contributed by atoms with Crippen molar-refractivity contribution in [1.29, 1.82) is 0 Å². The van der Waals surface area contributed by atoms with Gasteiger partial charge < -0.3 is 14.7 Å². The average molecular weight is 866 g/mol. The van der Waals surface area contributed by atoms with Crippen LogP contribution in [-0.4, -0.2) is 6.71 Å². The van der Waals surface area contributed by atoms with Gasteiger partial charge in [0, 0.05) is 54.7 Å². The summed E-state index contributed by atoms with van der Waals surface area (Å²) in [7, 11) is 0. The van der Waals surface area contributed by atoms with Gasteiger partial charge in [-0.05, 0) is 148 Å². The summed E-state index contributed by atoms with van der Waals surface area (Å²) in [5, 5.41) is 1.31. The normalized spacial score (nSPS) is 15.6. The summed E-state index contributed by atoms with van der Waals surface area (Å²) in [6, 6.07) is 60.3. The molecule has 0 spiro atoms. The second kappa shape index (κ2) is 15.6. The standard InChI is InChI=1S/C60H60BN3S/c1-9-10-19-40-26-29-44(30-27-40)63-51-33-28-41(58(2,3)4)36-50(51)61-55-52(63)38-46(62(42-20-13-11-14-21-42)43-22-15-12-16-23-43)39-53(55)64(56-47-24-17-18-25-54(47)65-57(56)61)45-31-32-48-49(37-45)60(7,8)35-34-59(48,5)6/h11-18,20-33,36-39H,9-10,19,34-35H2,1-8H3. The van der Waals surface area contributed by atoms with Crippen molar-refractivity contribution in [2.75, 3.05) is 14.7 Å². The number of hydrogen-bond acceptors (Lipinski definition) is 4. The zero-order chi connectivity index (χ0) is 44.8. The zero-order valence-electron chi connectivity index (χ0n) is 39.4. The van der Waals surface area contributed by atoms with Crippen LogP contribution in [0.5, 0.6) is 0 Å². The predicted molar refractivity (Wildman–Crippen MR) is 283 cm³/mol. The molecule has 5 heteroatoms. The highest BCUT2D eigenvalue weighted by Gasteiger charge is 2.47. The van der Waals surface area contributed by atoms with Gasteiger partial charge in [-0.1, -0.05) is 147 Å². The fraction of sp³-hybridized carbons (Fsp3) is 0.267. The van der Waals surface area contributed by atoms with Gasteiger partial charge in [0.25, 0.3) is 6.71 Å². The Balaban J connectivity index is 1.27. The van der Waals surface area contributed by atoms with Crippen LogP contribution in [0.1, 0.15) is 103 Å². The van der Waals surface area contributed by atoms with Crippen molar-refractivity contribution in [2.24, 2.45) is 0 Å². The molecule has 7 aromatic carbocycles. The Morgan fingerprint density at radius 2 is 1.22 bits per heavy atom. The highest BCUT2D eigenvalue weighted by Crippen LogP contribution is 2.53. The SMILES string of the molecule is CCCCc1ccc(N2c3ccc(C(C)(C)C)cc3B3c4sc5ccccc5c4N(c4ccc5c(c4)C(C)(C)CCC5(C)C)c4cc(N(c5ccccc5)c5ccccc5)cc2c43)cc1. The molecule has 324 valence electrons. The summed E-state index contributed by atoms with van der Waals surface area (Å²) >= 11 is 1.98.